The highest BCUT2D eigenvalue weighted by Crippen LogP contribution is 2.17. The van der Waals surface area contributed by atoms with Crippen LogP contribution in [0.25, 0.3) is 0 Å². The molecule has 0 aromatic heterocycles. The van der Waals surface area contributed by atoms with Gasteiger partial charge in [0.1, 0.15) is 5.82 Å². The summed E-state index contributed by atoms with van der Waals surface area (Å²) in [6.07, 6.45) is -1.02. The molecule has 1 aromatic carbocycles. The minimum Gasteiger partial charge on any atom is -0.387 e. The predicted molar refractivity (Wildman–Crippen MR) is 94.5 cm³/mol. The van der Waals surface area contributed by atoms with Crippen molar-refractivity contribution >= 4 is 18.3 Å². The van der Waals surface area contributed by atoms with Crippen molar-refractivity contribution in [1.82, 2.24) is 4.90 Å². The molecule has 0 fully saturated rings. The minimum absolute atomic E-state index is 0. The van der Waals surface area contributed by atoms with Gasteiger partial charge in [-0.1, -0.05) is 26.0 Å². The third-order valence-corrected chi connectivity index (χ3v) is 3.58. The third kappa shape index (κ3) is 7.57. The van der Waals surface area contributed by atoms with Gasteiger partial charge in [0.05, 0.1) is 25.2 Å². The topological polar surface area (TPSA) is 75.8 Å². The smallest absolute Gasteiger partial charge is 0.225 e. The van der Waals surface area contributed by atoms with Crippen LogP contribution in [-0.4, -0.2) is 48.8 Å². The summed E-state index contributed by atoms with van der Waals surface area (Å²) < 4.78 is 18.1. The molecule has 0 saturated heterocycles. The molecule has 1 amide bonds. The molecule has 0 saturated carbocycles. The molecule has 0 aliphatic rings. The van der Waals surface area contributed by atoms with E-state index in [0.717, 1.165) is 0 Å². The quantitative estimate of drug-likeness (QED) is 0.705. The van der Waals surface area contributed by atoms with Crippen LogP contribution in [0.3, 0.4) is 0 Å². The first-order valence-corrected chi connectivity index (χ1v) is 7.81. The lowest BCUT2D eigenvalue weighted by atomic mass is 10.1. The SMILES string of the molecule is COC(CN)CC(=O)N(CC(C)C)CC(O)c1ccc(F)cc1.Cl. The van der Waals surface area contributed by atoms with Gasteiger partial charge in [0, 0.05) is 20.2 Å². The predicted octanol–water partition coefficient (Wildman–Crippen LogP) is 2.13. The molecule has 1 rings (SSSR count). The van der Waals surface area contributed by atoms with E-state index in [0.29, 0.717) is 12.1 Å². The molecule has 0 aliphatic heterocycles. The number of ether oxygens (including phenoxy) is 1. The Morgan fingerprint density at radius 3 is 2.33 bits per heavy atom. The van der Waals surface area contributed by atoms with Crippen LogP contribution in [0.5, 0.6) is 0 Å². The maximum atomic E-state index is 13.0. The highest BCUT2D eigenvalue weighted by Gasteiger charge is 2.22. The molecule has 24 heavy (non-hydrogen) atoms. The van der Waals surface area contributed by atoms with E-state index in [1.54, 1.807) is 4.90 Å². The van der Waals surface area contributed by atoms with E-state index in [4.69, 9.17) is 10.5 Å². The van der Waals surface area contributed by atoms with Crippen LogP contribution < -0.4 is 5.73 Å². The Bertz CT molecular complexity index is 481. The Balaban J connectivity index is 0.00000529. The molecular formula is C17H28ClFN2O3. The van der Waals surface area contributed by atoms with Gasteiger partial charge in [-0.15, -0.1) is 12.4 Å². The molecule has 3 N–H and O–H groups in total. The van der Waals surface area contributed by atoms with Gasteiger partial charge in [-0.25, -0.2) is 4.39 Å². The number of aliphatic hydroxyl groups excluding tert-OH is 1. The second-order valence-electron chi connectivity index (χ2n) is 6.06. The number of carbonyl (C=O) groups excluding carboxylic acids is 1. The first-order valence-electron chi connectivity index (χ1n) is 7.81. The second-order valence-corrected chi connectivity index (χ2v) is 6.06. The highest BCUT2D eigenvalue weighted by atomic mass is 35.5. The fraction of sp³-hybridized carbons (Fsp3) is 0.588. The first-order chi connectivity index (χ1) is 10.9. The number of aliphatic hydroxyl groups is 1. The van der Waals surface area contributed by atoms with Crippen LogP contribution in [0.15, 0.2) is 24.3 Å². The molecule has 0 spiro atoms. The lowest BCUT2D eigenvalue weighted by Crippen LogP contribution is -2.40. The summed E-state index contributed by atoms with van der Waals surface area (Å²) in [5, 5.41) is 10.3. The standard InChI is InChI=1S/C17H27FN2O3.ClH/c1-12(2)10-20(17(22)8-15(9-19)23-3)11-16(21)13-4-6-14(18)7-5-13;/h4-7,12,15-16,21H,8-11,19H2,1-3H3;1H. The Kier molecular flexibility index (Phi) is 10.8. The number of nitrogens with two attached hydrogens (primary N) is 1. The maximum absolute atomic E-state index is 13.0. The third-order valence-electron chi connectivity index (χ3n) is 3.58. The number of carbonyl (C=O) groups is 1. The second kappa shape index (κ2) is 11.4. The average molecular weight is 363 g/mol. The summed E-state index contributed by atoms with van der Waals surface area (Å²) in [6, 6.07) is 5.64. The van der Waals surface area contributed by atoms with Crippen LogP contribution in [-0.2, 0) is 9.53 Å². The van der Waals surface area contributed by atoms with Gasteiger partial charge in [-0.2, -0.15) is 0 Å². The molecule has 0 aliphatic carbocycles. The molecule has 0 bridgehead atoms. The normalized spacial score (nSPS) is 13.3. The molecule has 0 radical (unpaired) electrons. The Labute approximate surface area is 149 Å². The number of rotatable bonds is 9. The van der Waals surface area contributed by atoms with Crippen molar-refractivity contribution in [3.8, 4) is 0 Å². The van der Waals surface area contributed by atoms with Gasteiger partial charge < -0.3 is 20.5 Å². The maximum Gasteiger partial charge on any atom is 0.225 e. The lowest BCUT2D eigenvalue weighted by Gasteiger charge is -2.28. The number of nitrogens with zero attached hydrogens (tertiary/aromatic N) is 1. The molecule has 0 heterocycles. The molecule has 138 valence electrons. The summed E-state index contributed by atoms with van der Waals surface area (Å²) in [5.41, 5.74) is 6.14. The van der Waals surface area contributed by atoms with Crippen LogP contribution in [0, 0.1) is 11.7 Å². The van der Waals surface area contributed by atoms with E-state index in [2.05, 4.69) is 0 Å². The van der Waals surface area contributed by atoms with Crippen LogP contribution in [0.1, 0.15) is 31.9 Å². The Morgan fingerprint density at radius 1 is 1.29 bits per heavy atom. The fourth-order valence-corrected chi connectivity index (χ4v) is 2.30. The van der Waals surface area contributed by atoms with E-state index in [1.165, 1.54) is 31.4 Å². The van der Waals surface area contributed by atoms with E-state index in [1.807, 2.05) is 13.8 Å². The van der Waals surface area contributed by atoms with Crippen molar-refractivity contribution in [2.45, 2.75) is 32.5 Å². The molecular weight excluding hydrogens is 335 g/mol. The van der Waals surface area contributed by atoms with E-state index in [-0.39, 0.29) is 55.7 Å². The zero-order chi connectivity index (χ0) is 17.4. The summed E-state index contributed by atoms with van der Waals surface area (Å²) in [5.74, 6) is -0.211. The van der Waals surface area contributed by atoms with Gasteiger partial charge in [0.15, 0.2) is 0 Å². The largest absolute Gasteiger partial charge is 0.387 e. The van der Waals surface area contributed by atoms with E-state index >= 15 is 0 Å². The zero-order valence-corrected chi connectivity index (χ0v) is 15.3. The Morgan fingerprint density at radius 2 is 1.88 bits per heavy atom. The number of hydrogen-bond acceptors (Lipinski definition) is 4. The average Bonchev–Trinajstić information content (AvgIpc) is 2.51. The summed E-state index contributed by atoms with van der Waals surface area (Å²) >= 11 is 0. The fourth-order valence-electron chi connectivity index (χ4n) is 2.30. The van der Waals surface area contributed by atoms with E-state index in [9.17, 15) is 14.3 Å². The minimum atomic E-state index is -0.864. The highest BCUT2D eigenvalue weighted by molar-refractivity contribution is 5.85. The first kappa shape index (κ1) is 22.8. The van der Waals surface area contributed by atoms with Crippen molar-refractivity contribution in [3.05, 3.63) is 35.6 Å². The van der Waals surface area contributed by atoms with Gasteiger partial charge >= 0.3 is 0 Å². The number of benzene rings is 1. The number of halogens is 2. The lowest BCUT2D eigenvalue weighted by molar-refractivity contribution is -0.135. The molecule has 5 nitrogen and oxygen atoms in total. The number of methoxy groups -OCH3 is 1. The van der Waals surface area contributed by atoms with Crippen LogP contribution in [0.2, 0.25) is 0 Å². The van der Waals surface area contributed by atoms with Crippen molar-refractivity contribution in [2.75, 3.05) is 26.7 Å². The summed E-state index contributed by atoms with van der Waals surface area (Å²) in [6.45, 7) is 4.95. The van der Waals surface area contributed by atoms with Crippen molar-refractivity contribution in [1.29, 1.82) is 0 Å². The van der Waals surface area contributed by atoms with Crippen molar-refractivity contribution in [2.24, 2.45) is 11.7 Å². The number of hydrogen-bond donors (Lipinski definition) is 2. The molecule has 2 atom stereocenters. The summed E-state index contributed by atoms with van der Waals surface area (Å²) in [7, 11) is 1.52. The Hall–Kier alpha value is -1.21. The van der Waals surface area contributed by atoms with Crippen molar-refractivity contribution in [3.63, 3.8) is 0 Å². The monoisotopic (exact) mass is 362 g/mol. The number of amides is 1. The van der Waals surface area contributed by atoms with Crippen LogP contribution >= 0.6 is 12.4 Å². The van der Waals surface area contributed by atoms with Crippen LogP contribution in [0.4, 0.5) is 4.39 Å². The van der Waals surface area contributed by atoms with Gasteiger partial charge in [-0.05, 0) is 23.6 Å². The molecule has 7 heteroatoms. The molecule has 1 aromatic rings. The molecule has 2 unspecified atom stereocenters. The van der Waals surface area contributed by atoms with E-state index < -0.39 is 6.10 Å². The van der Waals surface area contributed by atoms with Crippen molar-refractivity contribution < 1.29 is 19.0 Å². The van der Waals surface area contributed by atoms with Gasteiger partial charge in [-0.3, -0.25) is 4.79 Å². The summed E-state index contributed by atoms with van der Waals surface area (Å²) in [4.78, 5) is 14.1. The zero-order valence-electron chi connectivity index (χ0n) is 14.4. The van der Waals surface area contributed by atoms with Gasteiger partial charge in [0.2, 0.25) is 5.91 Å². The van der Waals surface area contributed by atoms with Gasteiger partial charge in [0.25, 0.3) is 0 Å².